The first kappa shape index (κ1) is 16.8. The second-order valence-corrected chi connectivity index (χ2v) is 4.19. The minimum Gasteiger partial charge on any atom is -0.303 e. The summed E-state index contributed by atoms with van der Waals surface area (Å²) in [5.74, 6) is 0.306. The highest BCUT2D eigenvalue weighted by Gasteiger charge is 2.16. The van der Waals surface area contributed by atoms with E-state index in [9.17, 15) is 9.59 Å². The summed E-state index contributed by atoms with van der Waals surface area (Å²) in [5.41, 5.74) is -0.0556. The van der Waals surface area contributed by atoms with Crippen LogP contribution < -0.4 is 0 Å². The maximum absolute atomic E-state index is 10.3. The van der Waals surface area contributed by atoms with E-state index in [0.717, 1.165) is 38.3 Å². The average Bonchev–Trinajstić information content (AvgIpc) is 2.31. The van der Waals surface area contributed by atoms with Crippen LogP contribution in [-0.4, -0.2) is 12.6 Å². The van der Waals surface area contributed by atoms with E-state index in [1.54, 1.807) is 0 Å². The Labute approximate surface area is 94.4 Å². The van der Waals surface area contributed by atoms with E-state index in [1.807, 2.05) is 34.6 Å². The van der Waals surface area contributed by atoms with Crippen molar-refractivity contribution in [1.82, 2.24) is 0 Å². The molecule has 0 radical (unpaired) electrons. The van der Waals surface area contributed by atoms with Crippen LogP contribution in [0.5, 0.6) is 0 Å². The molecule has 90 valence electrons. The van der Waals surface area contributed by atoms with Gasteiger partial charge < -0.3 is 9.59 Å². The van der Waals surface area contributed by atoms with Crippen LogP contribution in [0.4, 0.5) is 0 Å². The molecule has 15 heavy (non-hydrogen) atoms. The van der Waals surface area contributed by atoms with Crippen LogP contribution in [0.3, 0.4) is 0 Å². The topological polar surface area (TPSA) is 34.1 Å². The zero-order valence-electron chi connectivity index (χ0n) is 10.9. The van der Waals surface area contributed by atoms with E-state index < -0.39 is 0 Å². The van der Waals surface area contributed by atoms with Gasteiger partial charge in [0, 0.05) is 11.3 Å². The van der Waals surface area contributed by atoms with Gasteiger partial charge in [0.25, 0.3) is 0 Å². The quantitative estimate of drug-likeness (QED) is 0.633. The molecule has 2 heteroatoms. The molecule has 2 nitrogen and oxygen atoms in total. The fourth-order valence-electron chi connectivity index (χ4n) is 0.898. The smallest absolute Gasteiger partial charge is 0.125 e. The molecule has 0 heterocycles. The Kier molecular flexibility index (Phi) is 11.0. The van der Waals surface area contributed by atoms with Crippen molar-refractivity contribution >= 4 is 12.6 Å². The minimum atomic E-state index is -0.0556. The Bertz CT molecular complexity index is 156. The van der Waals surface area contributed by atoms with E-state index in [4.69, 9.17) is 0 Å². The number of carbonyl (C=O) groups excluding carboxylic acids is 2. The molecule has 0 fully saturated rings. The summed E-state index contributed by atoms with van der Waals surface area (Å²) in [6, 6.07) is 0. The zero-order chi connectivity index (χ0) is 12.3. The summed E-state index contributed by atoms with van der Waals surface area (Å²) < 4.78 is 0. The molecular formula is C13H26O2. The molecule has 0 saturated carbocycles. The molecule has 0 unspecified atom stereocenters. The molecule has 0 rings (SSSR count). The van der Waals surface area contributed by atoms with Gasteiger partial charge in [0.05, 0.1) is 0 Å². The van der Waals surface area contributed by atoms with Crippen molar-refractivity contribution < 1.29 is 9.59 Å². The lowest BCUT2D eigenvalue weighted by atomic mass is 9.87. The summed E-state index contributed by atoms with van der Waals surface area (Å²) in [6.07, 6.45) is 5.95. The molecule has 0 aromatic rings. The van der Waals surface area contributed by atoms with E-state index in [0.29, 0.717) is 5.92 Å². The second-order valence-electron chi connectivity index (χ2n) is 4.19. The summed E-state index contributed by atoms with van der Waals surface area (Å²) in [7, 11) is 0. The molecule has 0 aliphatic heterocycles. The summed E-state index contributed by atoms with van der Waals surface area (Å²) in [4.78, 5) is 20.3. The number of aldehydes is 2. The van der Waals surface area contributed by atoms with Gasteiger partial charge >= 0.3 is 0 Å². The third-order valence-electron chi connectivity index (χ3n) is 3.14. The molecule has 0 aliphatic carbocycles. The number of rotatable bonds is 6. The van der Waals surface area contributed by atoms with Crippen molar-refractivity contribution in [1.29, 1.82) is 0 Å². The molecule has 0 N–H and O–H groups in total. The van der Waals surface area contributed by atoms with Crippen LogP contribution in [0, 0.1) is 11.3 Å². The first-order chi connectivity index (χ1) is 7.03. The van der Waals surface area contributed by atoms with Crippen molar-refractivity contribution in [3.8, 4) is 0 Å². The van der Waals surface area contributed by atoms with Crippen LogP contribution in [0.2, 0.25) is 0 Å². The second kappa shape index (κ2) is 9.88. The molecule has 0 bridgehead atoms. The summed E-state index contributed by atoms with van der Waals surface area (Å²) >= 11 is 0. The number of hydrogen-bond acceptors (Lipinski definition) is 2. The van der Waals surface area contributed by atoms with Gasteiger partial charge in [-0.25, -0.2) is 0 Å². The van der Waals surface area contributed by atoms with Gasteiger partial charge in [-0.1, -0.05) is 34.6 Å². The van der Waals surface area contributed by atoms with Crippen LogP contribution >= 0.6 is 0 Å². The number of hydrogen-bond donors (Lipinski definition) is 0. The highest BCUT2D eigenvalue weighted by Crippen LogP contribution is 2.20. The largest absolute Gasteiger partial charge is 0.303 e. The number of carbonyl (C=O) groups is 2. The molecule has 0 aromatic carbocycles. The van der Waals surface area contributed by atoms with Crippen LogP contribution in [0.15, 0.2) is 0 Å². The lowest BCUT2D eigenvalue weighted by Gasteiger charge is -2.16. The molecule has 0 atom stereocenters. The van der Waals surface area contributed by atoms with Crippen molar-refractivity contribution in [2.45, 2.75) is 60.3 Å². The van der Waals surface area contributed by atoms with Crippen molar-refractivity contribution in [2.24, 2.45) is 11.3 Å². The molecule has 0 aliphatic rings. The first-order valence-electron chi connectivity index (χ1n) is 5.95. The Morgan fingerprint density at radius 3 is 1.40 bits per heavy atom. The van der Waals surface area contributed by atoms with Gasteiger partial charge in [-0.05, 0) is 25.7 Å². The third kappa shape index (κ3) is 8.34. The molecule has 0 spiro atoms. The molecular weight excluding hydrogens is 188 g/mol. The highest BCUT2D eigenvalue weighted by molar-refractivity contribution is 5.58. The fraction of sp³-hybridized carbons (Fsp3) is 0.846. The lowest BCUT2D eigenvalue weighted by Crippen LogP contribution is -2.14. The predicted octanol–water partition coefficient (Wildman–Crippen LogP) is 3.63. The van der Waals surface area contributed by atoms with Crippen LogP contribution in [0.25, 0.3) is 0 Å². The van der Waals surface area contributed by atoms with E-state index in [1.165, 1.54) is 0 Å². The van der Waals surface area contributed by atoms with Gasteiger partial charge in [0.2, 0.25) is 0 Å². The van der Waals surface area contributed by atoms with Gasteiger partial charge in [0.15, 0.2) is 0 Å². The monoisotopic (exact) mass is 214 g/mol. The predicted molar refractivity (Wildman–Crippen MR) is 64.9 cm³/mol. The van der Waals surface area contributed by atoms with Gasteiger partial charge in [-0.3, -0.25) is 0 Å². The Hall–Kier alpha value is -0.660. The third-order valence-corrected chi connectivity index (χ3v) is 3.14. The summed E-state index contributed by atoms with van der Waals surface area (Å²) in [5, 5.41) is 0. The van der Waals surface area contributed by atoms with E-state index in [-0.39, 0.29) is 5.41 Å². The maximum atomic E-state index is 10.3. The molecule has 0 amide bonds. The maximum Gasteiger partial charge on any atom is 0.125 e. The van der Waals surface area contributed by atoms with Crippen LogP contribution in [-0.2, 0) is 9.59 Å². The molecule has 0 saturated heterocycles. The SMILES string of the molecule is CCC(C)(C=O)CC.CCC(C=O)CC. The normalized spacial score (nSPS) is 10.5. The van der Waals surface area contributed by atoms with E-state index in [2.05, 4.69) is 0 Å². The standard InChI is InChI=1S/C7H14O.C6H12O/c1-4-7(3,5-2)6-8;1-3-6(4-2)5-7/h6H,4-5H2,1-3H3;5-6H,3-4H2,1-2H3. The Balaban J connectivity index is 0. The van der Waals surface area contributed by atoms with Crippen molar-refractivity contribution in [2.75, 3.05) is 0 Å². The van der Waals surface area contributed by atoms with Crippen molar-refractivity contribution in [3.63, 3.8) is 0 Å². The highest BCUT2D eigenvalue weighted by atomic mass is 16.1. The Morgan fingerprint density at radius 1 is 1.00 bits per heavy atom. The average molecular weight is 214 g/mol. The van der Waals surface area contributed by atoms with E-state index >= 15 is 0 Å². The van der Waals surface area contributed by atoms with Gasteiger partial charge in [-0.2, -0.15) is 0 Å². The molecule has 0 aromatic heterocycles. The van der Waals surface area contributed by atoms with Gasteiger partial charge in [-0.15, -0.1) is 0 Å². The zero-order valence-corrected chi connectivity index (χ0v) is 10.9. The lowest BCUT2D eigenvalue weighted by molar-refractivity contribution is -0.115. The minimum absolute atomic E-state index is 0.0556. The first-order valence-corrected chi connectivity index (χ1v) is 5.95. The summed E-state index contributed by atoms with van der Waals surface area (Å²) in [6.45, 7) is 10.1. The van der Waals surface area contributed by atoms with Crippen molar-refractivity contribution in [3.05, 3.63) is 0 Å². The fourth-order valence-corrected chi connectivity index (χ4v) is 0.898. The van der Waals surface area contributed by atoms with Gasteiger partial charge in [0.1, 0.15) is 12.6 Å². The van der Waals surface area contributed by atoms with Crippen LogP contribution in [0.1, 0.15) is 60.3 Å². The Morgan fingerprint density at radius 2 is 1.40 bits per heavy atom.